The Morgan fingerprint density at radius 1 is 0.717 bits per heavy atom. The third-order valence-electron chi connectivity index (χ3n) is 10.8. The minimum absolute atomic E-state index is 0.0444. The average Bonchev–Trinajstić information content (AvgIpc) is 3.59. The van der Waals surface area contributed by atoms with Gasteiger partial charge < -0.3 is 4.57 Å². The first-order valence-corrected chi connectivity index (χ1v) is 16.3. The van der Waals surface area contributed by atoms with Crippen LogP contribution in [0.15, 0.2) is 151 Å². The van der Waals surface area contributed by atoms with Gasteiger partial charge in [-0.15, -0.1) is 0 Å². The zero-order valence-corrected chi connectivity index (χ0v) is 25.7. The Bertz CT molecular complexity index is 2470. The normalized spacial score (nSPS) is 21.9. The van der Waals surface area contributed by atoms with Crippen LogP contribution >= 0.6 is 0 Å². The van der Waals surface area contributed by atoms with Gasteiger partial charge in [-0.2, -0.15) is 0 Å². The molecule has 0 saturated carbocycles. The minimum atomic E-state index is -0.355. The predicted molar refractivity (Wildman–Crippen MR) is 191 cm³/mol. The highest BCUT2D eigenvalue weighted by atomic mass is 15.0. The quantitative estimate of drug-likeness (QED) is 0.178. The standard InChI is InChI=1S/C45H31N/c1-29-20-23-35-36-24-22-32(46-43-19-11-9-16-37(43)38-27-31(21-25-44(38)46)30-12-4-2-5-13-30)28-42(36)45(41(35)26-29)39-17-7-3-6-14-33(39)34-15-8-10-18-40(34)45/h2-6,8-16,18-21,23-28,32,39H,22H2,1H3. The molecule has 0 saturated heterocycles. The molecule has 0 N–H and O–H groups in total. The van der Waals surface area contributed by atoms with E-state index < -0.39 is 0 Å². The Morgan fingerprint density at radius 2 is 1.54 bits per heavy atom. The van der Waals surface area contributed by atoms with Crippen molar-refractivity contribution >= 4 is 33.0 Å². The summed E-state index contributed by atoms with van der Waals surface area (Å²) in [5.74, 6) is 7.23. The van der Waals surface area contributed by atoms with Crippen molar-refractivity contribution in [3.8, 4) is 23.0 Å². The van der Waals surface area contributed by atoms with Crippen LogP contribution in [0.1, 0.15) is 40.3 Å². The molecule has 3 atom stereocenters. The van der Waals surface area contributed by atoms with E-state index in [1.165, 1.54) is 77.5 Å². The minimum Gasteiger partial charge on any atom is -0.333 e. The van der Waals surface area contributed by atoms with Crippen molar-refractivity contribution in [3.63, 3.8) is 0 Å². The molecule has 46 heavy (non-hydrogen) atoms. The Morgan fingerprint density at radius 3 is 2.48 bits per heavy atom. The number of rotatable bonds is 2. The van der Waals surface area contributed by atoms with Crippen molar-refractivity contribution < 1.29 is 0 Å². The van der Waals surface area contributed by atoms with Crippen LogP contribution in [0.5, 0.6) is 0 Å². The van der Waals surface area contributed by atoms with Gasteiger partial charge in [0.25, 0.3) is 0 Å². The molecule has 1 nitrogen and oxygen atoms in total. The highest BCUT2D eigenvalue weighted by Crippen LogP contribution is 2.66. The molecule has 4 aliphatic rings. The molecule has 0 aliphatic heterocycles. The van der Waals surface area contributed by atoms with E-state index in [4.69, 9.17) is 0 Å². The second-order valence-electron chi connectivity index (χ2n) is 13.1. The zero-order valence-electron chi connectivity index (χ0n) is 25.7. The van der Waals surface area contributed by atoms with Gasteiger partial charge in [-0.3, -0.25) is 0 Å². The first-order valence-electron chi connectivity index (χ1n) is 16.3. The fourth-order valence-electron chi connectivity index (χ4n) is 8.94. The molecule has 10 rings (SSSR count). The van der Waals surface area contributed by atoms with Gasteiger partial charge in [0.15, 0.2) is 0 Å². The summed E-state index contributed by atoms with van der Waals surface area (Å²) in [5.41, 5.74) is 15.6. The van der Waals surface area contributed by atoms with Gasteiger partial charge in [0, 0.05) is 21.8 Å². The molecule has 216 valence electrons. The Hall–Kier alpha value is -5.58. The lowest BCUT2D eigenvalue weighted by Gasteiger charge is -2.35. The molecular weight excluding hydrogens is 555 g/mol. The molecule has 0 fully saturated rings. The maximum absolute atomic E-state index is 3.77. The Kier molecular flexibility index (Phi) is 5.29. The van der Waals surface area contributed by atoms with Gasteiger partial charge in [0.1, 0.15) is 0 Å². The van der Waals surface area contributed by atoms with E-state index in [1.807, 2.05) is 6.08 Å². The number of aryl methyl sites for hydroxylation is 1. The van der Waals surface area contributed by atoms with Crippen LogP contribution in [0, 0.1) is 24.7 Å². The molecule has 0 radical (unpaired) electrons. The topological polar surface area (TPSA) is 4.93 Å². The summed E-state index contributed by atoms with van der Waals surface area (Å²) in [6.07, 6.45) is 12.5. The van der Waals surface area contributed by atoms with Gasteiger partial charge in [-0.1, -0.05) is 139 Å². The molecule has 6 aromatic rings. The highest BCUT2D eigenvalue weighted by Gasteiger charge is 2.58. The summed E-state index contributed by atoms with van der Waals surface area (Å²) in [7, 11) is 0. The van der Waals surface area contributed by atoms with Crippen molar-refractivity contribution in [1.29, 1.82) is 0 Å². The fraction of sp³-hybridized carbons (Fsp3) is 0.111. The maximum Gasteiger partial charge on any atom is 0.0645 e. The molecule has 3 unspecified atom stereocenters. The van der Waals surface area contributed by atoms with Crippen molar-refractivity contribution in [2.24, 2.45) is 5.92 Å². The first-order chi connectivity index (χ1) is 22.7. The van der Waals surface area contributed by atoms with Crippen LogP contribution in [0.2, 0.25) is 0 Å². The molecule has 1 heteroatoms. The number of benzene rings is 5. The lowest BCUT2D eigenvalue weighted by molar-refractivity contribution is 0.567. The number of aromatic nitrogens is 1. The van der Waals surface area contributed by atoms with Gasteiger partial charge >= 0.3 is 0 Å². The van der Waals surface area contributed by atoms with Crippen molar-refractivity contribution in [3.05, 3.63) is 179 Å². The van der Waals surface area contributed by atoms with Gasteiger partial charge in [-0.05, 0) is 87.7 Å². The maximum atomic E-state index is 3.77. The van der Waals surface area contributed by atoms with E-state index in [-0.39, 0.29) is 17.4 Å². The monoisotopic (exact) mass is 585 g/mol. The van der Waals surface area contributed by atoms with E-state index in [2.05, 4.69) is 163 Å². The molecular formula is C45H31N. The zero-order chi connectivity index (χ0) is 30.4. The van der Waals surface area contributed by atoms with E-state index in [0.29, 0.717) is 0 Å². The number of para-hydroxylation sites is 1. The second-order valence-corrected chi connectivity index (χ2v) is 13.1. The van der Waals surface area contributed by atoms with Crippen molar-refractivity contribution in [2.75, 3.05) is 0 Å². The average molecular weight is 586 g/mol. The molecule has 1 spiro atoms. The molecule has 4 aliphatic carbocycles. The second kappa shape index (κ2) is 9.46. The SMILES string of the molecule is Cc1ccc2c(c1)C1(C3=CC(n4c5ccccc5c5cc(-c6ccccc6)ccc54)CC=C32)c2ccccc2C2=CC=CC#CC21. The molecule has 5 aromatic carbocycles. The molecule has 0 bridgehead atoms. The van der Waals surface area contributed by atoms with Crippen LogP contribution in [0.25, 0.3) is 44.1 Å². The van der Waals surface area contributed by atoms with E-state index in [1.54, 1.807) is 0 Å². The van der Waals surface area contributed by atoms with Crippen molar-refractivity contribution in [2.45, 2.75) is 24.8 Å². The third-order valence-corrected chi connectivity index (χ3v) is 10.8. The van der Waals surface area contributed by atoms with Crippen LogP contribution < -0.4 is 0 Å². The number of hydrogen-bond acceptors (Lipinski definition) is 0. The first kappa shape index (κ1) is 25.7. The third kappa shape index (κ3) is 3.31. The number of hydrogen-bond donors (Lipinski definition) is 0. The highest BCUT2D eigenvalue weighted by molar-refractivity contribution is 6.09. The van der Waals surface area contributed by atoms with E-state index >= 15 is 0 Å². The van der Waals surface area contributed by atoms with Gasteiger partial charge in [0.2, 0.25) is 0 Å². The molecule has 0 amide bonds. The lowest BCUT2D eigenvalue weighted by atomic mass is 9.66. The predicted octanol–water partition coefficient (Wildman–Crippen LogP) is 10.6. The molecule has 1 aromatic heterocycles. The Balaban J connectivity index is 1.24. The van der Waals surface area contributed by atoms with E-state index in [0.717, 1.165) is 6.42 Å². The fourth-order valence-corrected chi connectivity index (χ4v) is 8.94. The largest absolute Gasteiger partial charge is 0.333 e. The van der Waals surface area contributed by atoms with Gasteiger partial charge in [0.05, 0.1) is 17.4 Å². The summed E-state index contributed by atoms with van der Waals surface area (Å²) in [5, 5.41) is 2.61. The van der Waals surface area contributed by atoms with Crippen LogP contribution in [0.4, 0.5) is 0 Å². The van der Waals surface area contributed by atoms with Crippen LogP contribution in [-0.2, 0) is 5.41 Å². The lowest BCUT2D eigenvalue weighted by Crippen LogP contribution is -2.32. The van der Waals surface area contributed by atoms with E-state index in [9.17, 15) is 0 Å². The van der Waals surface area contributed by atoms with Crippen LogP contribution in [-0.4, -0.2) is 4.57 Å². The summed E-state index contributed by atoms with van der Waals surface area (Å²) in [6.45, 7) is 2.22. The number of nitrogens with zero attached hydrogens (tertiary/aromatic N) is 1. The van der Waals surface area contributed by atoms with Gasteiger partial charge in [-0.25, -0.2) is 0 Å². The number of fused-ring (bicyclic) bond motifs is 13. The summed E-state index contributed by atoms with van der Waals surface area (Å²) in [4.78, 5) is 0. The summed E-state index contributed by atoms with van der Waals surface area (Å²) in [6, 6.07) is 43.0. The van der Waals surface area contributed by atoms with Crippen LogP contribution in [0.3, 0.4) is 0 Å². The number of allylic oxidation sites excluding steroid dienone is 8. The smallest absolute Gasteiger partial charge is 0.0645 e. The summed E-state index contributed by atoms with van der Waals surface area (Å²) < 4.78 is 2.60. The molecule has 1 heterocycles. The summed E-state index contributed by atoms with van der Waals surface area (Å²) >= 11 is 0. The Labute approximate surface area is 269 Å². The van der Waals surface area contributed by atoms with Crippen molar-refractivity contribution in [1.82, 2.24) is 4.57 Å².